The van der Waals surface area contributed by atoms with Gasteiger partial charge >= 0.3 is 4.87 Å². The van der Waals surface area contributed by atoms with E-state index in [9.17, 15) is 14.4 Å². The summed E-state index contributed by atoms with van der Waals surface area (Å²) in [5, 5.41) is 2.89. The molecule has 3 heterocycles. The summed E-state index contributed by atoms with van der Waals surface area (Å²) < 4.78 is 1.64. The summed E-state index contributed by atoms with van der Waals surface area (Å²) in [6.07, 6.45) is 2.57. The third kappa shape index (κ3) is 4.12. The molecule has 3 aromatic rings. The van der Waals surface area contributed by atoms with Gasteiger partial charge in [-0.05, 0) is 18.6 Å². The van der Waals surface area contributed by atoms with Gasteiger partial charge in [0, 0.05) is 67.3 Å². The van der Waals surface area contributed by atoms with Crippen LogP contribution >= 0.6 is 11.3 Å². The second-order valence-electron chi connectivity index (χ2n) is 7.34. The van der Waals surface area contributed by atoms with Gasteiger partial charge in [-0.3, -0.25) is 14.4 Å². The standard InChI is InChI=1S/C21H24N4O3S/c1-15-14-29-21(28)25(15)7-6-19(26)23-8-10-24(11-9-23)20(27)12-16-13-22-18-5-3-2-4-17(16)18/h2-5,13-14,22H,6-12H2,1H3. The van der Waals surface area contributed by atoms with Crippen molar-refractivity contribution in [3.63, 3.8) is 0 Å². The molecule has 4 rings (SSSR count). The fourth-order valence-electron chi connectivity index (χ4n) is 3.80. The van der Waals surface area contributed by atoms with Gasteiger partial charge in [0.15, 0.2) is 0 Å². The molecule has 0 radical (unpaired) electrons. The van der Waals surface area contributed by atoms with Gasteiger partial charge in [0.05, 0.1) is 6.42 Å². The van der Waals surface area contributed by atoms with E-state index < -0.39 is 0 Å². The highest BCUT2D eigenvalue weighted by Gasteiger charge is 2.24. The van der Waals surface area contributed by atoms with Crippen molar-refractivity contribution in [1.29, 1.82) is 0 Å². The maximum Gasteiger partial charge on any atom is 0.307 e. The molecule has 1 fully saturated rings. The molecule has 0 bridgehead atoms. The lowest BCUT2D eigenvalue weighted by Crippen LogP contribution is -2.51. The Labute approximate surface area is 172 Å². The predicted octanol–water partition coefficient (Wildman–Crippen LogP) is 2.00. The third-order valence-electron chi connectivity index (χ3n) is 5.53. The summed E-state index contributed by atoms with van der Waals surface area (Å²) in [5.74, 6) is 0.119. The Morgan fingerprint density at radius 2 is 1.76 bits per heavy atom. The molecule has 1 N–H and O–H groups in total. The molecule has 1 aromatic carbocycles. The summed E-state index contributed by atoms with van der Waals surface area (Å²) in [4.78, 5) is 43.8. The number of carbonyl (C=O) groups is 2. The van der Waals surface area contributed by atoms with Crippen LogP contribution in [0.15, 0.2) is 40.6 Å². The first-order valence-corrected chi connectivity index (χ1v) is 10.7. The lowest BCUT2D eigenvalue weighted by atomic mass is 10.1. The van der Waals surface area contributed by atoms with E-state index in [1.54, 1.807) is 9.47 Å². The number of piperazine rings is 1. The molecule has 2 aromatic heterocycles. The summed E-state index contributed by atoms with van der Waals surface area (Å²) in [6, 6.07) is 7.96. The van der Waals surface area contributed by atoms with Gasteiger partial charge in [-0.1, -0.05) is 29.5 Å². The first kappa shape index (κ1) is 19.4. The average molecular weight is 413 g/mol. The third-order valence-corrected chi connectivity index (χ3v) is 6.41. The highest BCUT2D eigenvalue weighted by atomic mass is 32.1. The molecule has 2 amide bonds. The molecule has 0 aliphatic carbocycles. The van der Waals surface area contributed by atoms with Gasteiger partial charge in [-0.2, -0.15) is 0 Å². The second kappa shape index (κ2) is 8.24. The summed E-state index contributed by atoms with van der Waals surface area (Å²) >= 11 is 1.16. The SMILES string of the molecule is Cc1csc(=O)n1CCC(=O)N1CCN(C(=O)Cc2c[nH]c3ccccc23)CC1. The summed E-state index contributed by atoms with van der Waals surface area (Å²) in [6.45, 7) is 4.45. The molecule has 0 atom stereocenters. The van der Waals surface area contributed by atoms with E-state index in [-0.39, 0.29) is 16.7 Å². The zero-order chi connectivity index (χ0) is 20.4. The Hall–Kier alpha value is -2.87. The van der Waals surface area contributed by atoms with Crippen molar-refractivity contribution in [1.82, 2.24) is 19.4 Å². The highest BCUT2D eigenvalue weighted by Crippen LogP contribution is 2.19. The number of aromatic nitrogens is 2. The molecule has 0 saturated carbocycles. The maximum absolute atomic E-state index is 12.7. The molecule has 1 aliphatic rings. The number of thiazole rings is 1. The zero-order valence-electron chi connectivity index (χ0n) is 16.4. The van der Waals surface area contributed by atoms with Gasteiger partial charge in [-0.25, -0.2) is 0 Å². The fraction of sp³-hybridized carbons (Fsp3) is 0.381. The van der Waals surface area contributed by atoms with Crippen molar-refractivity contribution in [2.75, 3.05) is 26.2 Å². The van der Waals surface area contributed by atoms with Crippen molar-refractivity contribution < 1.29 is 9.59 Å². The molecule has 1 saturated heterocycles. The molecular weight excluding hydrogens is 388 g/mol. The van der Waals surface area contributed by atoms with Crippen LogP contribution in [0, 0.1) is 6.92 Å². The van der Waals surface area contributed by atoms with Crippen molar-refractivity contribution in [2.24, 2.45) is 0 Å². The molecule has 152 valence electrons. The van der Waals surface area contributed by atoms with Crippen LogP contribution in [0.3, 0.4) is 0 Å². The number of H-pyrrole nitrogens is 1. The van der Waals surface area contributed by atoms with E-state index in [0.717, 1.165) is 33.5 Å². The van der Waals surface area contributed by atoms with Crippen LogP contribution in [-0.4, -0.2) is 57.3 Å². The van der Waals surface area contributed by atoms with Gasteiger partial charge < -0.3 is 19.4 Å². The number of hydrogen-bond donors (Lipinski definition) is 1. The molecule has 29 heavy (non-hydrogen) atoms. The van der Waals surface area contributed by atoms with E-state index in [1.807, 2.05) is 47.7 Å². The van der Waals surface area contributed by atoms with Crippen molar-refractivity contribution in [3.8, 4) is 0 Å². The Morgan fingerprint density at radius 1 is 1.07 bits per heavy atom. The van der Waals surface area contributed by atoms with Crippen LogP contribution in [-0.2, 0) is 22.6 Å². The van der Waals surface area contributed by atoms with Crippen LogP contribution in [0.5, 0.6) is 0 Å². The molecule has 8 heteroatoms. The fourth-order valence-corrected chi connectivity index (χ4v) is 4.56. The van der Waals surface area contributed by atoms with Gasteiger partial charge in [0.2, 0.25) is 11.8 Å². The smallest absolute Gasteiger partial charge is 0.307 e. The van der Waals surface area contributed by atoms with Crippen LogP contribution in [0.25, 0.3) is 10.9 Å². The van der Waals surface area contributed by atoms with E-state index in [0.29, 0.717) is 45.6 Å². The van der Waals surface area contributed by atoms with Crippen molar-refractivity contribution in [2.45, 2.75) is 26.3 Å². The van der Waals surface area contributed by atoms with Crippen LogP contribution in [0.2, 0.25) is 0 Å². The number of benzene rings is 1. The number of amides is 2. The normalized spacial score (nSPS) is 14.5. The Bertz CT molecular complexity index is 1090. The van der Waals surface area contributed by atoms with E-state index >= 15 is 0 Å². The minimum Gasteiger partial charge on any atom is -0.361 e. The zero-order valence-corrected chi connectivity index (χ0v) is 17.2. The minimum absolute atomic E-state index is 0.0250. The molecular formula is C21H24N4O3S. The topological polar surface area (TPSA) is 78.4 Å². The van der Waals surface area contributed by atoms with Crippen LogP contribution in [0.1, 0.15) is 17.7 Å². The number of nitrogens with zero attached hydrogens (tertiary/aromatic N) is 3. The molecule has 0 unspecified atom stereocenters. The lowest BCUT2D eigenvalue weighted by Gasteiger charge is -2.35. The monoisotopic (exact) mass is 412 g/mol. The second-order valence-corrected chi connectivity index (χ2v) is 8.16. The Balaban J connectivity index is 1.29. The Kier molecular flexibility index (Phi) is 5.53. The van der Waals surface area contributed by atoms with Crippen molar-refractivity contribution >= 4 is 34.1 Å². The van der Waals surface area contributed by atoms with Crippen LogP contribution < -0.4 is 4.87 Å². The first-order valence-electron chi connectivity index (χ1n) is 9.78. The molecule has 0 spiro atoms. The number of aromatic amines is 1. The number of rotatable bonds is 5. The molecule has 7 nitrogen and oxygen atoms in total. The quantitative estimate of drug-likeness (QED) is 0.696. The summed E-state index contributed by atoms with van der Waals surface area (Å²) in [5.41, 5.74) is 2.92. The lowest BCUT2D eigenvalue weighted by molar-refractivity contribution is -0.139. The predicted molar refractivity (Wildman–Crippen MR) is 113 cm³/mol. The van der Waals surface area contributed by atoms with E-state index in [4.69, 9.17) is 0 Å². The highest BCUT2D eigenvalue weighted by molar-refractivity contribution is 7.07. The average Bonchev–Trinajstić information content (AvgIpc) is 3.29. The molecule has 1 aliphatic heterocycles. The summed E-state index contributed by atoms with van der Waals surface area (Å²) in [7, 11) is 0. The van der Waals surface area contributed by atoms with Crippen molar-refractivity contribution in [3.05, 3.63) is 56.8 Å². The number of para-hydroxylation sites is 1. The van der Waals surface area contributed by atoms with Crippen LogP contribution in [0.4, 0.5) is 0 Å². The maximum atomic E-state index is 12.7. The van der Waals surface area contributed by atoms with Gasteiger partial charge in [-0.15, -0.1) is 0 Å². The Morgan fingerprint density at radius 3 is 2.45 bits per heavy atom. The van der Waals surface area contributed by atoms with E-state index in [1.165, 1.54) is 0 Å². The number of fused-ring (bicyclic) bond motifs is 1. The number of aryl methyl sites for hydroxylation is 1. The number of carbonyl (C=O) groups excluding carboxylic acids is 2. The van der Waals surface area contributed by atoms with E-state index in [2.05, 4.69) is 4.98 Å². The first-order chi connectivity index (χ1) is 14.0. The number of hydrogen-bond acceptors (Lipinski definition) is 4. The minimum atomic E-state index is -0.0250. The van der Waals surface area contributed by atoms with Gasteiger partial charge in [0.25, 0.3) is 0 Å². The number of nitrogens with one attached hydrogen (secondary N) is 1. The van der Waals surface area contributed by atoms with Gasteiger partial charge in [0.1, 0.15) is 0 Å². The largest absolute Gasteiger partial charge is 0.361 e.